The molecule has 0 spiro atoms. The Kier molecular flexibility index (Phi) is 2.59. The van der Waals surface area contributed by atoms with Gasteiger partial charge in [-0.15, -0.1) is 0 Å². The van der Waals surface area contributed by atoms with Gasteiger partial charge in [-0.05, 0) is 38.1 Å². The normalized spacial score (nSPS) is 16.4. The number of rotatable bonds is 3. The van der Waals surface area contributed by atoms with Crippen molar-refractivity contribution in [2.75, 3.05) is 13.1 Å². The fraction of sp³-hybridized carbons (Fsp3) is 0.462. The Morgan fingerprint density at radius 3 is 2.94 bits per heavy atom. The molecule has 1 saturated heterocycles. The molecule has 1 fully saturated rings. The second kappa shape index (κ2) is 4.11. The van der Waals surface area contributed by atoms with Crippen LogP contribution in [0.1, 0.15) is 12.7 Å². The smallest absolute Gasteiger partial charge is 0.151 e. The van der Waals surface area contributed by atoms with Crippen molar-refractivity contribution in [1.29, 1.82) is 0 Å². The first-order valence-corrected chi connectivity index (χ1v) is 6.14. The molecule has 2 heterocycles. The summed E-state index contributed by atoms with van der Waals surface area (Å²) in [6.45, 7) is 5.02. The summed E-state index contributed by atoms with van der Waals surface area (Å²) in [6, 6.07) is 5.17. The van der Waals surface area contributed by atoms with Gasteiger partial charge in [-0.2, -0.15) is 0 Å². The average Bonchev–Trinajstić information content (AvgIpc) is 2.62. The molecule has 3 nitrogen and oxygen atoms in total. The molecule has 3 rings (SSSR count). The fourth-order valence-electron chi connectivity index (χ4n) is 2.42. The lowest BCUT2D eigenvalue weighted by Gasteiger charge is -2.26. The highest BCUT2D eigenvalue weighted by Crippen LogP contribution is 2.21. The van der Waals surface area contributed by atoms with Gasteiger partial charge in [-0.3, -0.25) is 0 Å². The number of fused-ring (bicyclic) bond motifs is 1. The van der Waals surface area contributed by atoms with Crippen LogP contribution in [0.3, 0.4) is 0 Å². The Morgan fingerprint density at radius 2 is 2.29 bits per heavy atom. The predicted molar refractivity (Wildman–Crippen MR) is 65.4 cm³/mol. The van der Waals surface area contributed by atoms with Crippen molar-refractivity contribution in [3.63, 3.8) is 0 Å². The van der Waals surface area contributed by atoms with Gasteiger partial charge in [0.2, 0.25) is 0 Å². The molecule has 90 valence electrons. The molecule has 2 aromatic rings. The fourth-order valence-corrected chi connectivity index (χ4v) is 2.42. The van der Waals surface area contributed by atoms with Crippen LogP contribution in [0.5, 0.6) is 0 Å². The third-order valence-electron chi connectivity index (χ3n) is 3.46. The molecule has 0 atom stereocenters. The summed E-state index contributed by atoms with van der Waals surface area (Å²) in [7, 11) is 0. The quantitative estimate of drug-likeness (QED) is 0.878. The molecule has 4 heteroatoms. The second-order valence-corrected chi connectivity index (χ2v) is 4.61. The monoisotopic (exact) mass is 233 g/mol. The van der Waals surface area contributed by atoms with E-state index in [1.54, 1.807) is 6.07 Å². The third kappa shape index (κ3) is 1.72. The van der Waals surface area contributed by atoms with Gasteiger partial charge in [0.05, 0.1) is 5.52 Å². The lowest BCUT2D eigenvalue weighted by molar-refractivity contribution is 0.338. The van der Waals surface area contributed by atoms with Gasteiger partial charge in [-0.1, -0.05) is 6.07 Å². The SMILES string of the molecule is CCn1c(CC2CNC2)nc2c(F)cccc21. The number of nitrogens with one attached hydrogen (secondary N) is 1. The minimum absolute atomic E-state index is 0.220. The molecule has 1 aliphatic rings. The molecular formula is C13H16FN3. The standard InChI is InChI=1S/C13H16FN3/c1-2-17-11-5-3-4-10(14)13(11)16-12(17)6-9-7-15-8-9/h3-5,9,15H,2,6-8H2,1H3. The topological polar surface area (TPSA) is 29.9 Å². The van der Waals surface area contributed by atoms with E-state index < -0.39 is 0 Å². The molecule has 0 amide bonds. The van der Waals surface area contributed by atoms with Gasteiger partial charge >= 0.3 is 0 Å². The van der Waals surface area contributed by atoms with Crippen LogP contribution in [0.4, 0.5) is 4.39 Å². The van der Waals surface area contributed by atoms with Crippen molar-refractivity contribution in [2.24, 2.45) is 5.92 Å². The van der Waals surface area contributed by atoms with E-state index in [9.17, 15) is 4.39 Å². The first-order valence-electron chi connectivity index (χ1n) is 6.14. The minimum Gasteiger partial charge on any atom is -0.328 e. The lowest BCUT2D eigenvalue weighted by Crippen LogP contribution is -2.43. The highest BCUT2D eigenvalue weighted by atomic mass is 19.1. The number of benzene rings is 1. The highest BCUT2D eigenvalue weighted by molar-refractivity contribution is 5.76. The molecule has 0 saturated carbocycles. The van der Waals surface area contributed by atoms with E-state index in [-0.39, 0.29) is 5.82 Å². The van der Waals surface area contributed by atoms with Gasteiger partial charge in [-0.25, -0.2) is 9.37 Å². The van der Waals surface area contributed by atoms with Crippen LogP contribution in [0.2, 0.25) is 0 Å². The minimum atomic E-state index is -0.220. The van der Waals surface area contributed by atoms with E-state index in [0.29, 0.717) is 11.4 Å². The Hall–Kier alpha value is -1.42. The van der Waals surface area contributed by atoms with Crippen molar-refractivity contribution < 1.29 is 4.39 Å². The van der Waals surface area contributed by atoms with Crippen LogP contribution < -0.4 is 5.32 Å². The zero-order valence-electron chi connectivity index (χ0n) is 9.91. The Bertz CT molecular complexity index is 543. The van der Waals surface area contributed by atoms with Crippen LogP contribution in [0, 0.1) is 11.7 Å². The van der Waals surface area contributed by atoms with Gasteiger partial charge in [0, 0.05) is 13.0 Å². The van der Waals surface area contributed by atoms with Crippen LogP contribution in [0.15, 0.2) is 18.2 Å². The first kappa shape index (κ1) is 10.7. The Balaban J connectivity index is 2.06. The summed E-state index contributed by atoms with van der Waals surface area (Å²) >= 11 is 0. The van der Waals surface area contributed by atoms with Gasteiger partial charge in [0.25, 0.3) is 0 Å². The van der Waals surface area contributed by atoms with Gasteiger partial charge in [0.1, 0.15) is 11.3 Å². The number of imidazole rings is 1. The number of aryl methyl sites for hydroxylation is 1. The van der Waals surface area contributed by atoms with Crippen LogP contribution in [-0.4, -0.2) is 22.6 Å². The van der Waals surface area contributed by atoms with Crippen molar-refractivity contribution in [1.82, 2.24) is 14.9 Å². The lowest BCUT2D eigenvalue weighted by atomic mass is 9.99. The maximum Gasteiger partial charge on any atom is 0.151 e. The molecule has 1 N–H and O–H groups in total. The molecule has 0 bridgehead atoms. The maximum atomic E-state index is 13.7. The van der Waals surface area contributed by atoms with Crippen LogP contribution in [-0.2, 0) is 13.0 Å². The number of aromatic nitrogens is 2. The van der Waals surface area contributed by atoms with Crippen molar-refractivity contribution in [3.8, 4) is 0 Å². The van der Waals surface area contributed by atoms with Crippen molar-refractivity contribution in [2.45, 2.75) is 19.9 Å². The van der Waals surface area contributed by atoms with Crippen molar-refractivity contribution in [3.05, 3.63) is 29.8 Å². The van der Waals surface area contributed by atoms with E-state index in [2.05, 4.69) is 21.8 Å². The average molecular weight is 233 g/mol. The molecule has 1 aliphatic heterocycles. The molecule has 0 unspecified atom stereocenters. The van der Waals surface area contributed by atoms with E-state index in [1.165, 1.54) is 6.07 Å². The van der Waals surface area contributed by atoms with Crippen molar-refractivity contribution >= 4 is 11.0 Å². The Labute approximate surface area is 99.7 Å². The summed E-state index contributed by atoms with van der Waals surface area (Å²) in [5, 5.41) is 3.25. The number of nitrogens with zero attached hydrogens (tertiary/aromatic N) is 2. The van der Waals surface area contributed by atoms with E-state index in [0.717, 1.165) is 37.4 Å². The molecule has 0 radical (unpaired) electrons. The second-order valence-electron chi connectivity index (χ2n) is 4.61. The summed E-state index contributed by atoms with van der Waals surface area (Å²) in [6.07, 6.45) is 0.939. The third-order valence-corrected chi connectivity index (χ3v) is 3.46. The molecule has 17 heavy (non-hydrogen) atoms. The van der Waals surface area contributed by atoms with E-state index >= 15 is 0 Å². The summed E-state index contributed by atoms with van der Waals surface area (Å²) < 4.78 is 15.8. The number of para-hydroxylation sites is 1. The largest absolute Gasteiger partial charge is 0.328 e. The van der Waals surface area contributed by atoms with Crippen LogP contribution in [0.25, 0.3) is 11.0 Å². The first-order chi connectivity index (χ1) is 8.29. The van der Waals surface area contributed by atoms with E-state index in [4.69, 9.17) is 0 Å². The zero-order chi connectivity index (χ0) is 11.8. The van der Waals surface area contributed by atoms with Gasteiger partial charge in [0.15, 0.2) is 5.82 Å². The van der Waals surface area contributed by atoms with Gasteiger partial charge < -0.3 is 9.88 Å². The summed E-state index contributed by atoms with van der Waals surface area (Å²) in [4.78, 5) is 4.47. The molecular weight excluding hydrogens is 217 g/mol. The number of hydrogen-bond donors (Lipinski definition) is 1. The summed E-state index contributed by atoms with van der Waals surface area (Å²) in [5.41, 5.74) is 1.42. The van der Waals surface area contributed by atoms with E-state index in [1.807, 2.05) is 6.07 Å². The Morgan fingerprint density at radius 1 is 1.47 bits per heavy atom. The number of halogens is 1. The van der Waals surface area contributed by atoms with Crippen LogP contribution >= 0.6 is 0 Å². The maximum absolute atomic E-state index is 13.7. The highest BCUT2D eigenvalue weighted by Gasteiger charge is 2.21. The zero-order valence-corrected chi connectivity index (χ0v) is 9.91. The molecule has 1 aromatic heterocycles. The molecule has 0 aliphatic carbocycles. The number of hydrogen-bond acceptors (Lipinski definition) is 2. The summed E-state index contributed by atoms with van der Waals surface area (Å²) in [5.74, 6) is 1.45. The molecule has 1 aromatic carbocycles. The predicted octanol–water partition coefficient (Wildman–Crippen LogP) is 1.96.